The highest BCUT2D eigenvalue weighted by atomic mass is 16.6. The van der Waals surface area contributed by atoms with E-state index in [0.29, 0.717) is 23.5 Å². The van der Waals surface area contributed by atoms with Crippen LogP contribution in [-0.4, -0.2) is 36.4 Å². The molecule has 6 rings (SSSR count). The lowest BCUT2D eigenvalue weighted by Crippen LogP contribution is -2.29. The Bertz CT molecular complexity index is 1610. The van der Waals surface area contributed by atoms with Gasteiger partial charge in [-0.1, -0.05) is 18.2 Å². The monoisotopic (exact) mass is 489 g/mol. The molecule has 0 unspecified atom stereocenters. The Labute approximate surface area is 200 Å². The van der Waals surface area contributed by atoms with E-state index in [-0.39, 0.29) is 18.1 Å². The molecule has 180 valence electrons. The van der Waals surface area contributed by atoms with Gasteiger partial charge < -0.3 is 4.74 Å². The number of hydrogen-bond acceptors (Lipinski definition) is 8. The maximum atomic E-state index is 13.2. The summed E-state index contributed by atoms with van der Waals surface area (Å²) in [6, 6.07) is 11.2. The van der Waals surface area contributed by atoms with Crippen molar-refractivity contribution in [1.82, 2.24) is 13.9 Å². The fourth-order valence-electron chi connectivity index (χ4n) is 5.11. The molecule has 1 saturated carbocycles. The van der Waals surface area contributed by atoms with E-state index in [4.69, 9.17) is 4.74 Å². The Morgan fingerprint density at radius 1 is 0.944 bits per heavy atom. The molecule has 2 bridgehead atoms. The number of nitrogens with zero attached hydrogens (tertiary/aromatic N) is 5. The van der Waals surface area contributed by atoms with Crippen molar-refractivity contribution in [1.29, 1.82) is 0 Å². The topological polar surface area (TPSA) is 162 Å². The molecule has 1 aliphatic heterocycles. The number of benzene rings is 2. The van der Waals surface area contributed by atoms with E-state index in [1.54, 1.807) is 42.5 Å². The number of carbonyl (C=O) groups is 1. The maximum Gasteiger partial charge on any atom is 0.356 e. The first-order chi connectivity index (χ1) is 17.2. The van der Waals surface area contributed by atoms with Crippen molar-refractivity contribution in [2.24, 2.45) is 11.3 Å². The van der Waals surface area contributed by atoms with Gasteiger partial charge in [0.2, 0.25) is 0 Å². The number of hydrogen-bond donors (Lipinski definition) is 0. The molecule has 0 N–H and O–H groups in total. The van der Waals surface area contributed by atoms with Crippen LogP contribution in [0, 0.1) is 31.6 Å². The van der Waals surface area contributed by atoms with Crippen molar-refractivity contribution in [3.63, 3.8) is 0 Å². The molecular formula is C23H15N5O8. The average Bonchev–Trinajstić information content (AvgIpc) is 3.29. The Hall–Kier alpha value is -5.07. The molecule has 0 saturated heterocycles. The quantitative estimate of drug-likeness (QED) is 0.289. The van der Waals surface area contributed by atoms with E-state index in [1.165, 1.54) is 9.36 Å². The lowest BCUT2D eigenvalue weighted by molar-refractivity contribution is -0.394. The average molecular weight is 489 g/mol. The zero-order valence-corrected chi connectivity index (χ0v) is 18.3. The van der Waals surface area contributed by atoms with Crippen molar-refractivity contribution in [2.45, 2.75) is 6.42 Å². The number of carbonyl (C=O) groups excluding carboxylic acids is 1. The van der Waals surface area contributed by atoms with Crippen molar-refractivity contribution in [2.75, 3.05) is 6.61 Å². The normalized spacial score (nSPS) is 17.9. The summed E-state index contributed by atoms with van der Waals surface area (Å²) in [7, 11) is 0. The maximum absolute atomic E-state index is 13.2. The van der Waals surface area contributed by atoms with E-state index >= 15 is 0 Å². The number of aromatic nitrogens is 3. The van der Waals surface area contributed by atoms with Gasteiger partial charge in [0.25, 0.3) is 11.4 Å². The standard InChI is InChI=1S/C23H15N5O8/c29-20(13-8-16(27(32)33)10-17(9-13)28(34)35)36-12-14-11-23(14)18-6-7-19(23)26-22(31)24(21(30)25(18)26)15-4-2-1-3-5-15/h1-10,14H,11-12H2/t14-/m0/s1. The summed E-state index contributed by atoms with van der Waals surface area (Å²) in [6.07, 6.45) is 4.04. The van der Waals surface area contributed by atoms with Gasteiger partial charge in [0, 0.05) is 18.1 Å². The van der Waals surface area contributed by atoms with Gasteiger partial charge in [-0.25, -0.2) is 19.0 Å². The van der Waals surface area contributed by atoms with E-state index in [9.17, 15) is 34.6 Å². The highest BCUT2D eigenvalue weighted by Gasteiger charge is 2.67. The predicted molar refractivity (Wildman–Crippen MR) is 123 cm³/mol. The lowest BCUT2D eigenvalue weighted by atomic mass is 10.0. The molecule has 0 radical (unpaired) electrons. The Kier molecular flexibility index (Phi) is 4.30. The third kappa shape index (κ3) is 2.79. The number of allylic oxidation sites excluding steroid dienone is 4. The van der Waals surface area contributed by atoms with Crippen molar-refractivity contribution >= 4 is 28.7 Å². The third-order valence-electron chi connectivity index (χ3n) is 6.81. The summed E-state index contributed by atoms with van der Waals surface area (Å²) >= 11 is 0. The molecule has 13 heteroatoms. The fraction of sp³-hybridized carbons (Fsp3) is 0.174. The van der Waals surface area contributed by atoms with Crippen LogP contribution < -0.4 is 11.4 Å². The van der Waals surface area contributed by atoms with Crippen LogP contribution in [0.3, 0.4) is 0 Å². The predicted octanol–water partition coefficient (Wildman–Crippen LogP) is 2.19. The second kappa shape index (κ2) is 7.21. The SMILES string of the molecule is O=C(OC[C@@H]1CC12C1=CC=C2n2c(=O)n(-c3ccccc3)c(=O)n21)c1cc([N+](=O)[O-])cc([N+](=O)[O-])c1. The summed E-state index contributed by atoms with van der Waals surface area (Å²) in [5.74, 6) is -1.19. The van der Waals surface area contributed by atoms with Gasteiger partial charge in [-0.15, -0.1) is 0 Å². The van der Waals surface area contributed by atoms with Crippen molar-refractivity contribution < 1.29 is 19.4 Å². The molecule has 13 nitrogen and oxygen atoms in total. The van der Waals surface area contributed by atoms with Gasteiger partial charge in [0.1, 0.15) is 0 Å². The number of esters is 1. The van der Waals surface area contributed by atoms with Gasteiger partial charge in [-0.2, -0.15) is 9.36 Å². The van der Waals surface area contributed by atoms with Crippen LogP contribution in [0.15, 0.2) is 70.3 Å². The van der Waals surface area contributed by atoms with Crippen LogP contribution in [0.1, 0.15) is 16.8 Å². The van der Waals surface area contributed by atoms with E-state index in [2.05, 4.69) is 0 Å². The Morgan fingerprint density at radius 2 is 1.50 bits per heavy atom. The molecular weight excluding hydrogens is 474 g/mol. The smallest absolute Gasteiger partial charge is 0.356 e. The first kappa shape index (κ1) is 21.5. The number of non-ortho nitro benzene ring substituents is 2. The minimum atomic E-state index is -0.944. The molecule has 3 aliphatic rings. The Morgan fingerprint density at radius 3 is 2.03 bits per heavy atom. The van der Waals surface area contributed by atoms with Crippen molar-refractivity contribution in [3.8, 4) is 5.69 Å². The number of nitro groups is 2. The minimum Gasteiger partial charge on any atom is -0.462 e. The largest absolute Gasteiger partial charge is 0.462 e. The minimum absolute atomic E-state index is 0.101. The number of nitro benzene ring substituents is 2. The fourth-order valence-corrected chi connectivity index (χ4v) is 5.11. The van der Waals surface area contributed by atoms with E-state index in [1.807, 2.05) is 0 Å². The second-order valence-electron chi connectivity index (χ2n) is 8.69. The van der Waals surface area contributed by atoms with Crippen LogP contribution in [0.4, 0.5) is 11.4 Å². The molecule has 0 amide bonds. The molecule has 1 fully saturated rings. The molecule has 2 heterocycles. The summed E-state index contributed by atoms with van der Waals surface area (Å²) in [5.41, 5.74) is -1.51. The molecule has 1 aromatic heterocycles. The molecule has 1 spiro atoms. The van der Waals surface area contributed by atoms with Crippen LogP contribution >= 0.6 is 0 Å². The summed E-state index contributed by atoms with van der Waals surface area (Å²) in [4.78, 5) is 59.4. The van der Waals surface area contributed by atoms with Gasteiger partial charge >= 0.3 is 17.3 Å². The molecule has 1 atom stereocenters. The van der Waals surface area contributed by atoms with Crippen LogP contribution in [0.25, 0.3) is 17.1 Å². The van der Waals surface area contributed by atoms with Crippen LogP contribution in [-0.2, 0) is 4.74 Å². The van der Waals surface area contributed by atoms with Crippen LogP contribution in [0.5, 0.6) is 0 Å². The molecule has 36 heavy (non-hydrogen) atoms. The van der Waals surface area contributed by atoms with E-state index < -0.39 is 44.0 Å². The number of ether oxygens (including phenoxy) is 1. The summed E-state index contributed by atoms with van der Waals surface area (Å²) < 4.78 is 9.09. The first-order valence-corrected chi connectivity index (χ1v) is 10.8. The number of para-hydroxylation sites is 1. The molecule has 2 aliphatic carbocycles. The highest BCUT2D eigenvalue weighted by molar-refractivity contribution is 5.91. The molecule has 2 aromatic carbocycles. The second-order valence-corrected chi connectivity index (χ2v) is 8.69. The lowest BCUT2D eigenvalue weighted by Gasteiger charge is -2.10. The number of rotatable bonds is 6. The zero-order valence-electron chi connectivity index (χ0n) is 18.3. The van der Waals surface area contributed by atoms with Gasteiger partial charge in [0.05, 0.1) is 50.6 Å². The first-order valence-electron chi connectivity index (χ1n) is 10.8. The van der Waals surface area contributed by atoms with Gasteiger partial charge in [-0.05, 0) is 30.7 Å². The van der Waals surface area contributed by atoms with E-state index in [0.717, 1.165) is 22.8 Å². The number of fused-ring (bicyclic) bond motifs is 3. The van der Waals surface area contributed by atoms with Gasteiger partial charge in [-0.3, -0.25) is 20.2 Å². The van der Waals surface area contributed by atoms with Crippen LogP contribution in [0.2, 0.25) is 0 Å². The Balaban J connectivity index is 1.24. The van der Waals surface area contributed by atoms with Gasteiger partial charge in [0.15, 0.2) is 0 Å². The zero-order chi connectivity index (χ0) is 25.4. The third-order valence-corrected chi connectivity index (χ3v) is 6.81. The highest BCUT2D eigenvalue weighted by Crippen LogP contribution is 2.69. The summed E-state index contributed by atoms with van der Waals surface area (Å²) in [6.45, 7) is -0.101. The molecule has 3 aromatic rings. The van der Waals surface area contributed by atoms with Crippen molar-refractivity contribution in [3.05, 3.63) is 107 Å². The summed E-state index contributed by atoms with van der Waals surface area (Å²) in [5, 5.41) is 22.2.